The molecule has 0 aliphatic carbocycles. The van der Waals surface area contributed by atoms with Gasteiger partial charge in [0.1, 0.15) is 23.2 Å². The average Bonchev–Trinajstić information content (AvgIpc) is 3.17. The van der Waals surface area contributed by atoms with E-state index in [9.17, 15) is 5.26 Å². The monoisotopic (exact) mass is 368 g/mol. The molecule has 0 bridgehead atoms. The van der Waals surface area contributed by atoms with Crippen LogP contribution in [-0.2, 0) is 4.79 Å². The van der Waals surface area contributed by atoms with Gasteiger partial charge in [-0.15, -0.1) is 0 Å². The minimum absolute atomic E-state index is 0.222. The summed E-state index contributed by atoms with van der Waals surface area (Å²) in [5, 5.41) is 18.1. The zero-order valence-corrected chi connectivity index (χ0v) is 14.7. The predicted molar refractivity (Wildman–Crippen MR) is 99.8 cm³/mol. The van der Waals surface area contributed by atoms with E-state index in [0.717, 1.165) is 22.4 Å². The Kier molecular flexibility index (Phi) is 6.65. The molecule has 26 heavy (non-hydrogen) atoms. The lowest BCUT2D eigenvalue weighted by atomic mass is 10.0. The van der Waals surface area contributed by atoms with Crippen LogP contribution in [0.4, 0.5) is 5.82 Å². The van der Waals surface area contributed by atoms with Crippen molar-refractivity contribution in [3.63, 3.8) is 0 Å². The molecule has 3 rings (SSSR count). The average molecular weight is 368 g/mol. The Bertz CT molecular complexity index is 903. The van der Waals surface area contributed by atoms with Crippen LogP contribution >= 0.6 is 11.5 Å². The van der Waals surface area contributed by atoms with E-state index in [1.807, 2.05) is 42.6 Å². The van der Waals surface area contributed by atoms with Crippen LogP contribution in [0.1, 0.15) is 12.5 Å². The molecule has 0 radical (unpaired) electrons. The molecule has 0 spiro atoms. The van der Waals surface area contributed by atoms with Crippen LogP contribution < -0.4 is 10.5 Å². The predicted octanol–water partition coefficient (Wildman–Crippen LogP) is 3.43. The molecule has 0 atom stereocenters. The number of aromatic nitrogens is 2. The topological polar surface area (TPSA) is 122 Å². The number of ether oxygens (including phenoxy) is 1. The summed E-state index contributed by atoms with van der Waals surface area (Å²) in [4.78, 5) is 12.7. The fourth-order valence-corrected chi connectivity index (χ4v) is 2.82. The molecule has 2 heterocycles. The standard InChI is InChI=1S/C17H14N4OS.CH2O2/c1-2-22-13-5-3-11(4-6-13)16-7-14(12-9-20-23-10-12)15(8-18)17(19)21-16;2-1-3/h3-7,9-10H,2H2,1H3,(H2,19,21);1H,(H,2,3). The lowest BCUT2D eigenvalue weighted by Crippen LogP contribution is -1.99. The highest BCUT2D eigenvalue weighted by Gasteiger charge is 2.14. The van der Waals surface area contributed by atoms with Crippen molar-refractivity contribution in [2.45, 2.75) is 6.92 Å². The van der Waals surface area contributed by atoms with Crippen LogP contribution in [0.3, 0.4) is 0 Å². The number of rotatable bonds is 4. The molecule has 1 aromatic carbocycles. The fourth-order valence-electron chi connectivity index (χ4n) is 2.28. The molecule has 0 fully saturated rings. The quantitative estimate of drug-likeness (QED) is 0.676. The van der Waals surface area contributed by atoms with Crippen LogP contribution in [0.2, 0.25) is 0 Å². The zero-order chi connectivity index (χ0) is 18.9. The summed E-state index contributed by atoms with van der Waals surface area (Å²) >= 11 is 1.33. The number of nitrogens with two attached hydrogens (primary N) is 1. The molecule has 0 aliphatic rings. The van der Waals surface area contributed by atoms with Gasteiger partial charge in [-0.3, -0.25) is 4.79 Å². The largest absolute Gasteiger partial charge is 0.494 e. The van der Waals surface area contributed by atoms with Gasteiger partial charge < -0.3 is 15.6 Å². The minimum atomic E-state index is -0.250. The highest BCUT2D eigenvalue weighted by Crippen LogP contribution is 2.32. The number of benzene rings is 1. The maximum Gasteiger partial charge on any atom is 0.290 e. The molecule has 2 aromatic heterocycles. The number of hydrogen-bond acceptors (Lipinski definition) is 7. The van der Waals surface area contributed by atoms with Gasteiger partial charge in [-0.25, -0.2) is 9.36 Å². The summed E-state index contributed by atoms with van der Waals surface area (Å²) < 4.78 is 9.54. The Morgan fingerprint density at radius 2 is 2.04 bits per heavy atom. The third kappa shape index (κ3) is 4.34. The van der Waals surface area contributed by atoms with Gasteiger partial charge in [0.15, 0.2) is 0 Å². The summed E-state index contributed by atoms with van der Waals surface area (Å²) in [6.45, 7) is 2.31. The summed E-state index contributed by atoms with van der Waals surface area (Å²) in [6.07, 6.45) is 1.72. The first-order valence-electron chi connectivity index (χ1n) is 7.56. The Morgan fingerprint density at radius 1 is 1.35 bits per heavy atom. The molecular weight excluding hydrogens is 352 g/mol. The van der Waals surface area contributed by atoms with E-state index < -0.39 is 0 Å². The molecule has 0 unspecified atom stereocenters. The van der Waals surface area contributed by atoms with E-state index in [1.165, 1.54) is 11.5 Å². The van der Waals surface area contributed by atoms with Crippen molar-refractivity contribution in [1.29, 1.82) is 5.26 Å². The smallest absolute Gasteiger partial charge is 0.290 e. The van der Waals surface area contributed by atoms with Gasteiger partial charge in [-0.1, -0.05) is 0 Å². The number of nitrogen functional groups attached to an aromatic ring is 1. The molecule has 0 saturated heterocycles. The minimum Gasteiger partial charge on any atom is -0.494 e. The first-order valence-corrected chi connectivity index (χ1v) is 8.39. The Hall–Kier alpha value is -3.44. The van der Waals surface area contributed by atoms with Crippen LogP contribution in [-0.4, -0.2) is 27.5 Å². The second-order valence-corrected chi connectivity index (χ2v) is 5.56. The summed E-state index contributed by atoms with van der Waals surface area (Å²) in [6, 6.07) is 11.6. The summed E-state index contributed by atoms with van der Waals surface area (Å²) in [5.41, 5.74) is 9.59. The zero-order valence-electron chi connectivity index (χ0n) is 13.9. The van der Waals surface area contributed by atoms with Gasteiger partial charge in [-0.05, 0) is 48.8 Å². The SMILES string of the molecule is CCOc1ccc(-c2cc(-c3cnsc3)c(C#N)c(N)n2)cc1.O=CO. The maximum absolute atomic E-state index is 9.35. The highest BCUT2D eigenvalue weighted by molar-refractivity contribution is 7.03. The second kappa shape index (κ2) is 9.15. The van der Waals surface area contributed by atoms with Crippen molar-refractivity contribution in [2.24, 2.45) is 0 Å². The van der Waals surface area contributed by atoms with E-state index in [4.69, 9.17) is 20.4 Å². The third-order valence-corrected chi connectivity index (χ3v) is 3.95. The summed E-state index contributed by atoms with van der Waals surface area (Å²) in [7, 11) is 0. The van der Waals surface area contributed by atoms with Crippen molar-refractivity contribution in [3.05, 3.63) is 47.5 Å². The number of carboxylic acid groups (broad SMARTS) is 1. The molecule has 0 amide bonds. The number of carbonyl (C=O) groups is 1. The van der Waals surface area contributed by atoms with Crippen molar-refractivity contribution in [2.75, 3.05) is 12.3 Å². The van der Waals surface area contributed by atoms with E-state index in [1.54, 1.807) is 6.20 Å². The first kappa shape index (κ1) is 18.9. The number of nitrogens with zero attached hydrogens (tertiary/aromatic N) is 3. The molecule has 132 valence electrons. The Labute approximate surface area is 154 Å². The first-order chi connectivity index (χ1) is 12.6. The molecule has 3 aromatic rings. The normalized spacial score (nSPS) is 9.54. The van der Waals surface area contributed by atoms with Crippen molar-refractivity contribution < 1.29 is 14.6 Å². The van der Waals surface area contributed by atoms with E-state index in [0.29, 0.717) is 17.9 Å². The van der Waals surface area contributed by atoms with E-state index in [2.05, 4.69) is 15.4 Å². The number of nitriles is 1. The number of pyridine rings is 1. The van der Waals surface area contributed by atoms with Gasteiger partial charge in [0.05, 0.1) is 12.3 Å². The lowest BCUT2D eigenvalue weighted by Gasteiger charge is -2.09. The molecular formula is C18H16N4O3S. The van der Waals surface area contributed by atoms with Gasteiger partial charge in [-0.2, -0.15) is 5.26 Å². The Morgan fingerprint density at radius 3 is 2.58 bits per heavy atom. The van der Waals surface area contributed by atoms with Crippen LogP contribution in [0.5, 0.6) is 5.75 Å². The van der Waals surface area contributed by atoms with Gasteiger partial charge >= 0.3 is 0 Å². The summed E-state index contributed by atoms with van der Waals surface area (Å²) in [5.74, 6) is 1.03. The van der Waals surface area contributed by atoms with Crippen molar-refractivity contribution in [1.82, 2.24) is 9.36 Å². The Balaban J connectivity index is 0.000000758. The molecule has 0 aliphatic heterocycles. The maximum atomic E-state index is 9.35. The van der Waals surface area contributed by atoms with Crippen molar-refractivity contribution in [3.8, 4) is 34.2 Å². The van der Waals surface area contributed by atoms with Crippen molar-refractivity contribution >= 4 is 23.8 Å². The molecule has 8 heteroatoms. The van der Waals surface area contributed by atoms with E-state index in [-0.39, 0.29) is 12.3 Å². The van der Waals surface area contributed by atoms with E-state index >= 15 is 0 Å². The lowest BCUT2D eigenvalue weighted by molar-refractivity contribution is -0.122. The van der Waals surface area contributed by atoms with Crippen LogP contribution in [0.25, 0.3) is 22.4 Å². The molecule has 3 N–H and O–H groups in total. The van der Waals surface area contributed by atoms with Gasteiger partial charge in [0.2, 0.25) is 0 Å². The molecule has 0 saturated carbocycles. The van der Waals surface area contributed by atoms with Gasteiger partial charge in [0.25, 0.3) is 6.47 Å². The number of hydrogen-bond donors (Lipinski definition) is 2. The van der Waals surface area contributed by atoms with Crippen LogP contribution in [0, 0.1) is 11.3 Å². The number of anilines is 1. The van der Waals surface area contributed by atoms with Crippen LogP contribution in [0.15, 0.2) is 41.9 Å². The highest BCUT2D eigenvalue weighted by atomic mass is 32.1. The third-order valence-electron chi connectivity index (χ3n) is 3.36. The second-order valence-electron chi connectivity index (χ2n) is 4.90. The molecule has 7 nitrogen and oxygen atoms in total. The van der Waals surface area contributed by atoms with Gasteiger partial charge in [0, 0.05) is 28.3 Å². The fraction of sp³-hybridized carbons (Fsp3) is 0.111.